The third-order valence-electron chi connectivity index (χ3n) is 14.4. The summed E-state index contributed by atoms with van der Waals surface area (Å²) < 4.78 is 22.9. The number of carboxylic acid groups (broad SMARTS) is 1. The van der Waals surface area contributed by atoms with Crippen molar-refractivity contribution >= 4 is 17.9 Å². The molecule has 0 bridgehead atoms. The Kier molecular flexibility index (Phi) is 58.8. The van der Waals surface area contributed by atoms with E-state index in [2.05, 4.69) is 98.9 Å². The van der Waals surface area contributed by atoms with Crippen molar-refractivity contribution in [2.75, 3.05) is 47.5 Å². The summed E-state index contributed by atoms with van der Waals surface area (Å²) in [6.45, 7) is 4.80. The van der Waals surface area contributed by atoms with Crippen LogP contribution in [0.5, 0.6) is 0 Å². The molecular weight excluding hydrogens is 995 g/mol. The van der Waals surface area contributed by atoms with Crippen molar-refractivity contribution in [3.8, 4) is 0 Å². The van der Waals surface area contributed by atoms with Gasteiger partial charge < -0.3 is 28.5 Å². The van der Waals surface area contributed by atoms with Crippen LogP contribution in [0.25, 0.3) is 0 Å². The summed E-state index contributed by atoms with van der Waals surface area (Å²) in [5, 5.41) is 9.72. The molecule has 0 amide bonds. The molecule has 0 aromatic heterocycles. The standard InChI is InChI=1S/C71H125NO8/c1-6-8-10-12-14-16-18-20-22-24-25-26-27-28-29-30-31-32-33-34-35-36-37-38-39-40-41-42-43-44-45-46-48-50-52-54-56-58-60-62-69(74)80-67(66-79-71(70(75)76)77-64-63-72(3,4)5)65-78-68(73)61-59-57-55-53-51-49-47-23-21-19-17-15-13-11-9-7-2/h8,10,14,16,20,22,25-26,28-29,31-32,34-35,67,71H,6-7,9,11-13,15,17-19,21,23-24,27,30,33,36-66H2,1-5H3/p+1/b10-8-,16-14-,22-20-,26-25-,29-28-,32-31-,35-34-. The van der Waals surface area contributed by atoms with Gasteiger partial charge in [0, 0.05) is 12.8 Å². The first-order valence-corrected chi connectivity index (χ1v) is 33.3. The van der Waals surface area contributed by atoms with Crippen LogP contribution in [0.1, 0.15) is 290 Å². The first kappa shape index (κ1) is 76.5. The Balaban J connectivity index is 4.03. The fourth-order valence-corrected chi connectivity index (χ4v) is 9.35. The molecule has 0 rings (SSSR count). The van der Waals surface area contributed by atoms with Crippen LogP contribution in [0, 0.1) is 0 Å². The van der Waals surface area contributed by atoms with Crippen molar-refractivity contribution in [1.82, 2.24) is 0 Å². The van der Waals surface area contributed by atoms with Gasteiger partial charge in [0.1, 0.15) is 13.2 Å². The zero-order valence-corrected chi connectivity index (χ0v) is 52.7. The number of carboxylic acids is 1. The monoisotopic (exact) mass is 1120 g/mol. The number of hydrogen-bond donors (Lipinski definition) is 1. The summed E-state index contributed by atoms with van der Waals surface area (Å²) in [6.07, 6.45) is 79.7. The number of rotatable bonds is 61. The number of ether oxygens (including phenoxy) is 4. The third-order valence-corrected chi connectivity index (χ3v) is 14.4. The van der Waals surface area contributed by atoms with E-state index in [0.29, 0.717) is 17.4 Å². The quantitative estimate of drug-likeness (QED) is 0.0211. The molecule has 0 spiro atoms. The number of esters is 2. The number of carbonyl (C=O) groups excluding carboxylic acids is 2. The molecule has 0 aliphatic carbocycles. The molecule has 0 heterocycles. The van der Waals surface area contributed by atoms with Gasteiger partial charge in [0.05, 0.1) is 34.4 Å². The Morgan fingerprint density at radius 1 is 0.388 bits per heavy atom. The molecule has 2 atom stereocenters. The third kappa shape index (κ3) is 62.1. The molecule has 0 aliphatic heterocycles. The number of aliphatic carboxylic acids is 1. The maximum Gasteiger partial charge on any atom is 0.361 e. The van der Waals surface area contributed by atoms with Gasteiger partial charge in [-0.05, 0) is 70.6 Å². The van der Waals surface area contributed by atoms with Crippen LogP contribution >= 0.6 is 0 Å². The van der Waals surface area contributed by atoms with Gasteiger partial charge in [-0.3, -0.25) is 9.59 Å². The first-order chi connectivity index (χ1) is 39.1. The van der Waals surface area contributed by atoms with E-state index in [-0.39, 0.29) is 32.2 Å². The van der Waals surface area contributed by atoms with Crippen LogP contribution in [0.4, 0.5) is 0 Å². The number of likely N-dealkylation sites (N-methyl/N-ethyl adjacent to an activating group) is 1. The summed E-state index contributed by atoms with van der Waals surface area (Å²) in [5.74, 6) is -1.99. The van der Waals surface area contributed by atoms with Crippen molar-refractivity contribution in [3.63, 3.8) is 0 Å². The number of quaternary nitrogens is 1. The van der Waals surface area contributed by atoms with Crippen LogP contribution in [0.3, 0.4) is 0 Å². The van der Waals surface area contributed by atoms with Gasteiger partial charge in [-0.25, -0.2) is 4.79 Å². The Morgan fingerprint density at radius 3 is 1.06 bits per heavy atom. The summed E-state index contributed by atoms with van der Waals surface area (Å²) in [7, 11) is 5.98. The van der Waals surface area contributed by atoms with E-state index >= 15 is 0 Å². The second-order valence-corrected chi connectivity index (χ2v) is 23.4. The largest absolute Gasteiger partial charge is 0.477 e. The highest BCUT2D eigenvalue weighted by atomic mass is 16.7. The van der Waals surface area contributed by atoms with Crippen molar-refractivity contribution in [2.24, 2.45) is 0 Å². The Bertz CT molecular complexity index is 1590. The smallest absolute Gasteiger partial charge is 0.361 e. The van der Waals surface area contributed by atoms with Crippen molar-refractivity contribution in [1.29, 1.82) is 0 Å². The average molecular weight is 1120 g/mol. The Hall–Kier alpha value is -3.53. The Labute approximate surface area is 493 Å². The zero-order chi connectivity index (χ0) is 58.3. The van der Waals surface area contributed by atoms with Crippen molar-refractivity contribution in [3.05, 3.63) is 85.1 Å². The summed E-state index contributed by atoms with van der Waals surface area (Å²) in [4.78, 5) is 37.5. The van der Waals surface area contributed by atoms with Crippen molar-refractivity contribution in [2.45, 2.75) is 302 Å². The lowest BCUT2D eigenvalue weighted by Crippen LogP contribution is -2.40. The predicted octanol–water partition coefficient (Wildman–Crippen LogP) is 20.3. The number of hydrogen-bond acceptors (Lipinski definition) is 7. The molecular formula is C71H126NO8+. The summed E-state index contributed by atoms with van der Waals surface area (Å²) >= 11 is 0. The second-order valence-electron chi connectivity index (χ2n) is 23.4. The van der Waals surface area contributed by atoms with Gasteiger partial charge >= 0.3 is 17.9 Å². The van der Waals surface area contributed by atoms with Gasteiger partial charge in [-0.1, -0.05) is 292 Å². The van der Waals surface area contributed by atoms with Crippen LogP contribution < -0.4 is 0 Å². The molecule has 0 aromatic carbocycles. The highest BCUT2D eigenvalue weighted by Crippen LogP contribution is 2.17. The highest BCUT2D eigenvalue weighted by molar-refractivity contribution is 5.71. The molecule has 0 aromatic rings. The maximum absolute atomic E-state index is 12.9. The van der Waals surface area contributed by atoms with E-state index in [9.17, 15) is 19.5 Å². The number of unbranched alkanes of at least 4 members (excludes halogenated alkanes) is 32. The Morgan fingerprint density at radius 2 is 0.713 bits per heavy atom. The average Bonchev–Trinajstić information content (AvgIpc) is 3.43. The van der Waals surface area contributed by atoms with E-state index in [1.165, 1.54) is 180 Å². The molecule has 0 saturated carbocycles. The minimum Gasteiger partial charge on any atom is -0.477 e. The van der Waals surface area contributed by atoms with Gasteiger partial charge in [0.2, 0.25) is 0 Å². The molecule has 0 radical (unpaired) electrons. The van der Waals surface area contributed by atoms with E-state index in [4.69, 9.17) is 18.9 Å². The van der Waals surface area contributed by atoms with E-state index < -0.39 is 24.3 Å². The van der Waals surface area contributed by atoms with E-state index in [0.717, 1.165) is 83.5 Å². The molecule has 0 aliphatic rings. The van der Waals surface area contributed by atoms with Crippen molar-refractivity contribution < 1.29 is 42.9 Å². The predicted molar refractivity (Wildman–Crippen MR) is 341 cm³/mol. The topological polar surface area (TPSA) is 108 Å². The van der Waals surface area contributed by atoms with Crippen LogP contribution in [-0.2, 0) is 33.3 Å². The van der Waals surface area contributed by atoms with Gasteiger partial charge in [-0.15, -0.1) is 0 Å². The number of nitrogens with zero attached hydrogens (tertiary/aromatic N) is 1. The molecule has 0 saturated heterocycles. The van der Waals surface area contributed by atoms with Crippen LogP contribution in [-0.4, -0.2) is 87.4 Å². The summed E-state index contributed by atoms with van der Waals surface area (Å²) in [6, 6.07) is 0. The normalized spacial score (nSPS) is 13.3. The molecule has 0 fully saturated rings. The molecule has 80 heavy (non-hydrogen) atoms. The minimum absolute atomic E-state index is 0.179. The zero-order valence-electron chi connectivity index (χ0n) is 52.7. The lowest BCUT2D eigenvalue weighted by atomic mass is 10.0. The van der Waals surface area contributed by atoms with Crippen LogP contribution in [0.2, 0.25) is 0 Å². The van der Waals surface area contributed by atoms with E-state index in [1.54, 1.807) is 0 Å². The van der Waals surface area contributed by atoms with Gasteiger partial charge in [0.25, 0.3) is 6.29 Å². The second kappa shape index (κ2) is 61.5. The molecule has 9 heteroatoms. The number of carbonyl (C=O) groups is 3. The lowest BCUT2D eigenvalue weighted by molar-refractivity contribution is -0.870. The van der Waals surface area contributed by atoms with Crippen LogP contribution in [0.15, 0.2) is 85.1 Å². The molecule has 9 nitrogen and oxygen atoms in total. The fraction of sp³-hybridized carbons (Fsp3) is 0.761. The minimum atomic E-state index is -1.51. The molecule has 462 valence electrons. The molecule has 1 N–H and O–H groups in total. The van der Waals surface area contributed by atoms with E-state index in [1.807, 2.05) is 21.1 Å². The number of allylic oxidation sites excluding steroid dienone is 14. The first-order valence-electron chi connectivity index (χ1n) is 33.3. The maximum atomic E-state index is 12.9. The lowest BCUT2D eigenvalue weighted by Gasteiger charge is -2.25. The fourth-order valence-electron chi connectivity index (χ4n) is 9.35. The van der Waals surface area contributed by atoms with Gasteiger partial charge in [0.15, 0.2) is 6.10 Å². The summed E-state index contributed by atoms with van der Waals surface area (Å²) in [5.41, 5.74) is 0. The van der Waals surface area contributed by atoms with Gasteiger partial charge in [-0.2, -0.15) is 0 Å². The SMILES string of the molecule is CC/C=C\C/C=C\C/C=C\C/C=C\C/C=C\C/C=C\C/C=C\CCCCCCCCCCCCCCCCCCCC(=O)OC(COC(=O)CCCCCCCCCCCCCCCCCC)COC(OCC[N+](C)(C)C)C(=O)O. The molecule has 2 unspecified atom stereocenters. The highest BCUT2D eigenvalue weighted by Gasteiger charge is 2.25.